The molecule has 0 bridgehead atoms. The first-order valence-electron chi connectivity index (χ1n) is 12.8. The lowest BCUT2D eigenvalue weighted by Gasteiger charge is -2.33. The number of halogens is 2. The molecule has 1 N–H and O–H groups in total. The number of carbonyl (C=O) groups is 2. The van der Waals surface area contributed by atoms with E-state index in [9.17, 15) is 23.5 Å². The van der Waals surface area contributed by atoms with Crippen molar-refractivity contribution in [2.75, 3.05) is 0 Å². The molecule has 1 aromatic rings. The maximum Gasteiger partial charge on any atom is 0.306 e. The topological polar surface area (TPSA) is 67.3 Å². The Bertz CT molecular complexity index is 818. The van der Waals surface area contributed by atoms with Crippen LogP contribution in [-0.2, 0) is 28.9 Å². The number of rotatable bonds is 12. The standard InChI is InChI=1S/C27H39F2NO3/c1-26(15-6-2-7-16-26)24(31)19-21(25(32)33)14-18-27(28,29)17-8-5-10-22-13-12-20-9-3-4-11-23(20)30-22/h12-13,21H,2-11,14-19H2,1H3,(H,32,33)/t21-/m1/s1. The van der Waals surface area contributed by atoms with E-state index in [0.717, 1.165) is 57.1 Å². The van der Waals surface area contributed by atoms with Gasteiger partial charge >= 0.3 is 5.97 Å². The van der Waals surface area contributed by atoms with Crippen LogP contribution in [0.25, 0.3) is 0 Å². The summed E-state index contributed by atoms with van der Waals surface area (Å²) in [7, 11) is 0. The summed E-state index contributed by atoms with van der Waals surface area (Å²) < 4.78 is 28.9. The minimum atomic E-state index is -2.91. The van der Waals surface area contributed by atoms with Crippen molar-refractivity contribution < 1.29 is 23.5 Å². The Kier molecular flexibility index (Phi) is 9.00. The van der Waals surface area contributed by atoms with Gasteiger partial charge in [-0.2, -0.15) is 0 Å². The average Bonchev–Trinajstić information content (AvgIpc) is 2.79. The second-order valence-corrected chi connectivity index (χ2v) is 10.5. The van der Waals surface area contributed by atoms with E-state index in [1.165, 1.54) is 17.7 Å². The van der Waals surface area contributed by atoms with Crippen molar-refractivity contribution in [2.45, 2.75) is 116 Å². The zero-order chi connectivity index (χ0) is 23.9. The first-order valence-corrected chi connectivity index (χ1v) is 12.8. The molecule has 33 heavy (non-hydrogen) atoms. The van der Waals surface area contributed by atoms with Crippen molar-refractivity contribution in [2.24, 2.45) is 11.3 Å². The van der Waals surface area contributed by atoms with Gasteiger partial charge in [0.25, 0.3) is 0 Å². The number of hydrogen-bond acceptors (Lipinski definition) is 3. The third-order valence-corrected chi connectivity index (χ3v) is 7.73. The van der Waals surface area contributed by atoms with Crippen LogP contribution < -0.4 is 0 Å². The number of alkyl halides is 2. The molecule has 1 saturated carbocycles. The number of aryl methyl sites for hydroxylation is 3. The van der Waals surface area contributed by atoms with Crippen molar-refractivity contribution in [3.05, 3.63) is 29.1 Å². The van der Waals surface area contributed by atoms with Gasteiger partial charge < -0.3 is 5.11 Å². The van der Waals surface area contributed by atoms with E-state index in [1.54, 1.807) is 0 Å². The van der Waals surface area contributed by atoms with Gasteiger partial charge in [0, 0.05) is 36.1 Å². The normalized spacial score (nSPS) is 19.0. The van der Waals surface area contributed by atoms with Gasteiger partial charge in [-0.05, 0) is 75.8 Å². The summed E-state index contributed by atoms with van der Waals surface area (Å²) in [6.07, 6.45) is 9.72. The zero-order valence-electron chi connectivity index (χ0n) is 20.0. The monoisotopic (exact) mass is 463 g/mol. The maximum absolute atomic E-state index is 14.5. The van der Waals surface area contributed by atoms with Gasteiger partial charge in [0.05, 0.1) is 5.92 Å². The van der Waals surface area contributed by atoms with Crippen LogP contribution in [0.3, 0.4) is 0 Å². The number of Topliss-reactive ketones (excluding diaryl/α,β-unsaturated/α-hetero) is 1. The summed E-state index contributed by atoms with van der Waals surface area (Å²) in [5.41, 5.74) is 2.97. The summed E-state index contributed by atoms with van der Waals surface area (Å²) in [6, 6.07) is 4.15. The van der Waals surface area contributed by atoms with Crippen molar-refractivity contribution in [1.82, 2.24) is 4.98 Å². The molecule has 0 aliphatic heterocycles. The highest BCUT2D eigenvalue weighted by Crippen LogP contribution is 2.39. The Morgan fingerprint density at radius 1 is 1.06 bits per heavy atom. The average molecular weight is 464 g/mol. The van der Waals surface area contributed by atoms with Crippen LogP contribution in [-0.4, -0.2) is 27.8 Å². The number of pyridine rings is 1. The smallest absolute Gasteiger partial charge is 0.306 e. The third kappa shape index (κ3) is 7.58. The molecule has 1 aromatic heterocycles. The lowest BCUT2D eigenvalue weighted by Crippen LogP contribution is -2.33. The number of aliphatic carboxylic acids is 1. The summed E-state index contributed by atoms with van der Waals surface area (Å²) in [5, 5.41) is 9.52. The molecule has 0 amide bonds. The van der Waals surface area contributed by atoms with Gasteiger partial charge in [-0.25, -0.2) is 8.78 Å². The van der Waals surface area contributed by atoms with Crippen molar-refractivity contribution in [1.29, 1.82) is 0 Å². The predicted octanol–water partition coefficient (Wildman–Crippen LogP) is 6.72. The molecule has 184 valence electrons. The molecule has 0 unspecified atom stereocenters. The molecule has 0 spiro atoms. The number of nitrogens with zero attached hydrogens (tertiary/aromatic N) is 1. The van der Waals surface area contributed by atoms with Crippen molar-refractivity contribution in [3.8, 4) is 0 Å². The summed E-state index contributed by atoms with van der Waals surface area (Å²) in [6.45, 7) is 1.90. The number of ketones is 1. The molecule has 6 heteroatoms. The minimum absolute atomic E-state index is 0.0736. The molecule has 0 aromatic carbocycles. The number of unbranched alkanes of at least 4 members (excludes halogenated alkanes) is 1. The van der Waals surface area contributed by atoms with E-state index in [0.29, 0.717) is 19.3 Å². The number of carbonyl (C=O) groups excluding carboxylic acids is 1. The first-order chi connectivity index (χ1) is 15.7. The van der Waals surface area contributed by atoms with E-state index >= 15 is 0 Å². The quantitative estimate of drug-likeness (QED) is 0.349. The molecule has 1 fully saturated rings. The largest absolute Gasteiger partial charge is 0.481 e. The van der Waals surface area contributed by atoms with Gasteiger partial charge in [-0.1, -0.05) is 32.3 Å². The zero-order valence-corrected chi connectivity index (χ0v) is 20.0. The molecule has 2 aliphatic carbocycles. The number of hydrogen-bond donors (Lipinski definition) is 1. The second kappa shape index (κ2) is 11.5. The van der Waals surface area contributed by atoms with Crippen LogP contribution in [0.5, 0.6) is 0 Å². The van der Waals surface area contributed by atoms with Crippen LogP contribution in [0, 0.1) is 11.3 Å². The fourth-order valence-corrected chi connectivity index (χ4v) is 5.36. The van der Waals surface area contributed by atoms with E-state index in [1.807, 2.05) is 13.0 Å². The Morgan fingerprint density at radius 3 is 2.52 bits per heavy atom. The molecule has 2 aliphatic rings. The first kappa shape index (κ1) is 25.8. The molecule has 0 saturated heterocycles. The highest BCUT2D eigenvalue weighted by molar-refractivity contribution is 5.88. The molecule has 0 radical (unpaired) electrons. The molecular weight excluding hydrogens is 424 g/mol. The Labute approximate surface area is 196 Å². The number of carboxylic acids is 1. The van der Waals surface area contributed by atoms with E-state index in [2.05, 4.69) is 6.07 Å². The van der Waals surface area contributed by atoms with Gasteiger partial charge in [0.15, 0.2) is 0 Å². The van der Waals surface area contributed by atoms with Crippen LogP contribution in [0.1, 0.15) is 107 Å². The van der Waals surface area contributed by atoms with Gasteiger partial charge in [0.2, 0.25) is 5.92 Å². The van der Waals surface area contributed by atoms with Crippen molar-refractivity contribution >= 4 is 11.8 Å². The fourth-order valence-electron chi connectivity index (χ4n) is 5.36. The molecule has 1 atom stereocenters. The predicted molar refractivity (Wildman–Crippen MR) is 125 cm³/mol. The molecule has 3 rings (SSSR count). The number of aromatic nitrogens is 1. The summed E-state index contributed by atoms with van der Waals surface area (Å²) in [4.78, 5) is 29.1. The van der Waals surface area contributed by atoms with Gasteiger partial charge in [0.1, 0.15) is 5.78 Å². The fraction of sp³-hybridized carbons (Fsp3) is 0.741. The third-order valence-electron chi connectivity index (χ3n) is 7.73. The summed E-state index contributed by atoms with van der Waals surface area (Å²) >= 11 is 0. The Morgan fingerprint density at radius 2 is 1.79 bits per heavy atom. The highest BCUT2D eigenvalue weighted by Gasteiger charge is 2.38. The molecular formula is C27H39F2NO3. The van der Waals surface area contributed by atoms with E-state index in [-0.39, 0.29) is 25.0 Å². The number of fused-ring (bicyclic) bond motifs is 1. The van der Waals surface area contributed by atoms with Crippen LogP contribution in [0.2, 0.25) is 0 Å². The minimum Gasteiger partial charge on any atom is -0.481 e. The number of carboxylic acid groups (broad SMARTS) is 1. The van der Waals surface area contributed by atoms with E-state index in [4.69, 9.17) is 4.98 Å². The second-order valence-electron chi connectivity index (χ2n) is 10.5. The lowest BCUT2D eigenvalue weighted by atomic mass is 9.70. The Hall–Kier alpha value is -1.85. The SMILES string of the molecule is CC1(C(=O)C[C@@H](CCC(F)(F)CCCCc2ccc3c(n2)CCCC3)C(=O)O)CCCCC1. The van der Waals surface area contributed by atoms with Gasteiger partial charge in [-0.15, -0.1) is 0 Å². The summed E-state index contributed by atoms with van der Waals surface area (Å²) in [5.74, 6) is -5.15. The van der Waals surface area contributed by atoms with Crippen molar-refractivity contribution in [3.63, 3.8) is 0 Å². The van der Waals surface area contributed by atoms with Gasteiger partial charge in [-0.3, -0.25) is 14.6 Å². The van der Waals surface area contributed by atoms with Crippen LogP contribution in [0.15, 0.2) is 12.1 Å². The molecule has 1 heterocycles. The van der Waals surface area contributed by atoms with Crippen LogP contribution in [0.4, 0.5) is 8.78 Å². The highest BCUT2D eigenvalue weighted by atomic mass is 19.3. The van der Waals surface area contributed by atoms with Crippen LogP contribution >= 0.6 is 0 Å². The maximum atomic E-state index is 14.5. The Balaban J connectivity index is 1.42. The molecule has 4 nitrogen and oxygen atoms in total. The van der Waals surface area contributed by atoms with E-state index < -0.39 is 29.6 Å². The lowest BCUT2D eigenvalue weighted by molar-refractivity contribution is -0.146.